The Balaban J connectivity index is 2.24. The van der Waals surface area contributed by atoms with Gasteiger partial charge >= 0.3 is 0 Å². The van der Waals surface area contributed by atoms with Gasteiger partial charge in [-0.2, -0.15) is 0 Å². The maximum absolute atomic E-state index is 13.9. The molecule has 1 aromatic carbocycles. The minimum absolute atomic E-state index is 0.203. The molecule has 0 saturated heterocycles. The molecule has 0 spiro atoms. The topological polar surface area (TPSA) is 34.1 Å². The standard InChI is InChI=1S/C16H18F2N2O/c1-3-20-15(12-6-7-19-10-14(12)18)9-11-4-5-16(21-2)13(17)8-11/h4-8,10,15,20H,3,9H2,1-2H3. The minimum Gasteiger partial charge on any atom is -0.494 e. The SMILES string of the molecule is CCNC(Cc1ccc(OC)c(F)c1)c1ccncc1F. The fourth-order valence-corrected chi connectivity index (χ4v) is 2.28. The molecular formula is C16H18F2N2O. The first-order valence-electron chi connectivity index (χ1n) is 6.81. The van der Waals surface area contributed by atoms with E-state index in [-0.39, 0.29) is 17.6 Å². The van der Waals surface area contributed by atoms with Crippen LogP contribution in [-0.4, -0.2) is 18.6 Å². The summed E-state index contributed by atoms with van der Waals surface area (Å²) in [5.74, 6) is -0.577. The van der Waals surface area contributed by atoms with Crippen LogP contribution in [0.2, 0.25) is 0 Å². The Morgan fingerprint density at radius 3 is 2.67 bits per heavy atom. The first-order chi connectivity index (χ1) is 10.2. The molecule has 21 heavy (non-hydrogen) atoms. The van der Waals surface area contributed by atoms with E-state index in [2.05, 4.69) is 10.3 Å². The van der Waals surface area contributed by atoms with Crippen molar-refractivity contribution in [1.29, 1.82) is 0 Å². The van der Waals surface area contributed by atoms with Crippen molar-refractivity contribution < 1.29 is 13.5 Å². The normalized spacial score (nSPS) is 12.2. The van der Waals surface area contributed by atoms with Crippen molar-refractivity contribution in [3.05, 3.63) is 59.4 Å². The number of hydrogen-bond acceptors (Lipinski definition) is 3. The van der Waals surface area contributed by atoms with E-state index in [9.17, 15) is 8.78 Å². The van der Waals surface area contributed by atoms with Gasteiger partial charge in [-0.3, -0.25) is 4.98 Å². The highest BCUT2D eigenvalue weighted by Gasteiger charge is 2.16. The summed E-state index contributed by atoms with van der Waals surface area (Å²) in [5, 5.41) is 3.21. The van der Waals surface area contributed by atoms with Crippen LogP contribution in [0.4, 0.5) is 8.78 Å². The van der Waals surface area contributed by atoms with Gasteiger partial charge in [-0.05, 0) is 36.7 Å². The zero-order chi connectivity index (χ0) is 15.2. The van der Waals surface area contributed by atoms with E-state index < -0.39 is 5.82 Å². The van der Waals surface area contributed by atoms with Crippen LogP contribution in [0.3, 0.4) is 0 Å². The summed E-state index contributed by atoms with van der Waals surface area (Å²) in [6.45, 7) is 2.63. The van der Waals surface area contributed by atoms with Crippen molar-refractivity contribution in [2.45, 2.75) is 19.4 Å². The van der Waals surface area contributed by atoms with Crippen LogP contribution in [0.1, 0.15) is 24.1 Å². The highest BCUT2D eigenvalue weighted by atomic mass is 19.1. The van der Waals surface area contributed by atoms with Gasteiger partial charge in [0.15, 0.2) is 11.6 Å². The third-order valence-electron chi connectivity index (χ3n) is 3.29. The third-order valence-corrected chi connectivity index (χ3v) is 3.29. The number of likely N-dealkylation sites (N-methyl/N-ethyl adjacent to an activating group) is 1. The van der Waals surface area contributed by atoms with Gasteiger partial charge in [0.1, 0.15) is 5.82 Å². The number of pyridine rings is 1. The van der Waals surface area contributed by atoms with Crippen molar-refractivity contribution in [3.63, 3.8) is 0 Å². The number of nitrogens with zero attached hydrogens (tertiary/aromatic N) is 1. The minimum atomic E-state index is -0.416. The third kappa shape index (κ3) is 3.76. The molecular weight excluding hydrogens is 274 g/mol. The number of aromatic nitrogens is 1. The first kappa shape index (κ1) is 15.4. The van der Waals surface area contributed by atoms with E-state index in [4.69, 9.17) is 4.74 Å². The van der Waals surface area contributed by atoms with Crippen molar-refractivity contribution in [3.8, 4) is 5.75 Å². The molecule has 5 heteroatoms. The summed E-state index contributed by atoms with van der Waals surface area (Å²) in [7, 11) is 1.42. The summed E-state index contributed by atoms with van der Waals surface area (Å²) >= 11 is 0. The Labute approximate surface area is 123 Å². The molecule has 0 aliphatic heterocycles. The molecule has 1 heterocycles. The van der Waals surface area contributed by atoms with Gasteiger partial charge in [0.05, 0.1) is 13.3 Å². The van der Waals surface area contributed by atoms with Gasteiger partial charge < -0.3 is 10.1 Å². The van der Waals surface area contributed by atoms with Gasteiger partial charge in [0.2, 0.25) is 0 Å². The van der Waals surface area contributed by atoms with E-state index in [1.807, 2.05) is 6.92 Å². The van der Waals surface area contributed by atoms with E-state index in [1.54, 1.807) is 24.4 Å². The predicted molar refractivity (Wildman–Crippen MR) is 77.3 cm³/mol. The molecule has 1 atom stereocenters. The van der Waals surface area contributed by atoms with Crippen molar-refractivity contribution in [2.75, 3.05) is 13.7 Å². The van der Waals surface area contributed by atoms with Gasteiger partial charge in [0.25, 0.3) is 0 Å². The van der Waals surface area contributed by atoms with Crippen LogP contribution >= 0.6 is 0 Å². The van der Waals surface area contributed by atoms with Crippen LogP contribution in [0.5, 0.6) is 5.75 Å². The maximum atomic E-state index is 13.9. The summed E-state index contributed by atoms with van der Waals surface area (Å²) in [5.41, 5.74) is 1.30. The molecule has 0 fully saturated rings. The number of halogens is 2. The van der Waals surface area contributed by atoms with Gasteiger partial charge in [-0.25, -0.2) is 8.78 Å². The molecule has 0 saturated carbocycles. The van der Waals surface area contributed by atoms with Crippen molar-refractivity contribution >= 4 is 0 Å². The van der Waals surface area contributed by atoms with Crippen LogP contribution in [0.15, 0.2) is 36.7 Å². The lowest BCUT2D eigenvalue weighted by molar-refractivity contribution is 0.386. The van der Waals surface area contributed by atoms with Gasteiger partial charge in [0, 0.05) is 17.8 Å². The summed E-state index contributed by atoms with van der Waals surface area (Å²) in [4.78, 5) is 3.75. The highest BCUT2D eigenvalue weighted by molar-refractivity contribution is 5.31. The average Bonchev–Trinajstić information content (AvgIpc) is 2.47. The Morgan fingerprint density at radius 1 is 1.24 bits per heavy atom. The molecule has 2 rings (SSSR count). The molecule has 0 bridgehead atoms. The van der Waals surface area contributed by atoms with Crippen LogP contribution in [0.25, 0.3) is 0 Å². The largest absolute Gasteiger partial charge is 0.494 e. The lowest BCUT2D eigenvalue weighted by Gasteiger charge is -2.19. The summed E-state index contributed by atoms with van der Waals surface area (Å²) in [6.07, 6.45) is 3.22. The monoisotopic (exact) mass is 292 g/mol. The molecule has 1 aromatic heterocycles. The molecule has 1 unspecified atom stereocenters. The van der Waals surface area contributed by atoms with Gasteiger partial charge in [-0.1, -0.05) is 13.0 Å². The number of benzene rings is 1. The Hall–Kier alpha value is -2.01. The van der Waals surface area contributed by atoms with E-state index in [1.165, 1.54) is 19.4 Å². The number of nitrogens with one attached hydrogen (secondary N) is 1. The van der Waals surface area contributed by atoms with Gasteiger partial charge in [-0.15, -0.1) is 0 Å². The first-order valence-corrected chi connectivity index (χ1v) is 6.81. The molecule has 0 aliphatic rings. The van der Waals surface area contributed by atoms with E-state index in [0.717, 1.165) is 5.56 Å². The number of hydrogen-bond donors (Lipinski definition) is 1. The second kappa shape index (κ2) is 7.13. The molecule has 112 valence electrons. The fourth-order valence-electron chi connectivity index (χ4n) is 2.28. The van der Waals surface area contributed by atoms with Crippen LogP contribution < -0.4 is 10.1 Å². The van der Waals surface area contributed by atoms with Crippen LogP contribution in [0, 0.1) is 11.6 Å². The molecule has 1 N–H and O–H groups in total. The lowest BCUT2D eigenvalue weighted by Crippen LogP contribution is -2.24. The quantitative estimate of drug-likeness (QED) is 0.887. The predicted octanol–water partition coefficient (Wildman–Crippen LogP) is 3.26. The summed E-state index contributed by atoms with van der Waals surface area (Å²) < 4.78 is 32.5. The molecule has 0 aliphatic carbocycles. The fraction of sp³-hybridized carbons (Fsp3) is 0.312. The second-order valence-corrected chi connectivity index (χ2v) is 4.68. The Morgan fingerprint density at radius 2 is 2.05 bits per heavy atom. The smallest absolute Gasteiger partial charge is 0.165 e. The molecule has 3 nitrogen and oxygen atoms in total. The lowest BCUT2D eigenvalue weighted by atomic mass is 9.99. The number of ether oxygens (including phenoxy) is 1. The Bertz CT molecular complexity index is 605. The zero-order valence-electron chi connectivity index (χ0n) is 12.1. The summed E-state index contributed by atoms with van der Waals surface area (Å²) in [6, 6.07) is 6.19. The van der Waals surface area contributed by atoms with Crippen LogP contribution in [-0.2, 0) is 6.42 Å². The molecule has 0 amide bonds. The zero-order valence-corrected chi connectivity index (χ0v) is 12.1. The highest BCUT2D eigenvalue weighted by Crippen LogP contribution is 2.24. The second-order valence-electron chi connectivity index (χ2n) is 4.68. The Kier molecular flexibility index (Phi) is 5.22. The molecule has 2 aromatic rings. The average molecular weight is 292 g/mol. The number of methoxy groups -OCH3 is 1. The van der Waals surface area contributed by atoms with E-state index >= 15 is 0 Å². The molecule has 0 radical (unpaired) electrons. The van der Waals surface area contributed by atoms with Crippen molar-refractivity contribution in [1.82, 2.24) is 10.3 Å². The maximum Gasteiger partial charge on any atom is 0.165 e. The number of rotatable bonds is 6. The van der Waals surface area contributed by atoms with E-state index in [0.29, 0.717) is 18.5 Å². The van der Waals surface area contributed by atoms with Crippen molar-refractivity contribution in [2.24, 2.45) is 0 Å².